The van der Waals surface area contributed by atoms with Gasteiger partial charge in [-0.05, 0) is 39.2 Å². The lowest BCUT2D eigenvalue weighted by molar-refractivity contribution is 0.0942. The van der Waals surface area contributed by atoms with Gasteiger partial charge in [-0.1, -0.05) is 24.3 Å². The molecule has 0 N–H and O–H groups in total. The maximum absolute atomic E-state index is 12.8. The van der Waals surface area contributed by atoms with Crippen molar-refractivity contribution in [1.29, 1.82) is 0 Å². The molecule has 1 heterocycles. The zero-order valence-electron chi connectivity index (χ0n) is 8.81. The number of ketones is 1. The van der Waals surface area contributed by atoms with Gasteiger partial charge in [-0.3, -0.25) is 9.78 Å². The van der Waals surface area contributed by atoms with E-state index in [1.54, 1.807) is 36.7 Å². The molecule has 1 atom stereocenters. The highest BCUT2D eigenvalue weighted by Gasteiger charge is 2.14. The first-order valence-corrected chi connectivity index (χ1v) is 5.93. The number of pyridine rings is 1. The van der Waals surface area contributed by atoms with Gasteiger partial charge < -0.3 is 0 Å². The standard InChI is InChI=1S/C13H9BrFNO/c14-13(15)12(17)11-3-1-9(2-4-11)10-5-7-16-8-6-10/h1-8,13H. The Bertz CT molecular complexity index is 511. The Morgan fingerprint density at radius 3 is 2.12 bits per heavy atom. The maximum Gasteiger partial charge on any atom is 0.217 e. The summed E-state index contributed by atoms with van der Waals surface area (Å²) in [6.07, 6.45) is 3.40. The molecule has 1 unspecified atom stereocenters. The average molecular weight is 294 g/mol. The molecule has 0 spiro atoms. The van der Waals surface area contributed by atoms with E-state index < -0.39 is 10.9 Å². The number of nitrogens with zero attached hydrogens (tertiary/aromatic N) is 1. The third kappa shape index (κ3) is 2.77. The summed E-state index contributed by atoms with van der Waals surface area (Å²) in [5, 5.41) is -1.64. The van der Waals surface area contributed by atoms with Crippen molar-refractivity contribution in [2.24, 2.45) is 0 Å². The van der Waals surface area contributed by atoms with Gasteiger partial charge in [-0.15, -0.1) is 0 Å². The van der Waals surface area contributed by atoms with Crippen LogP contribution in [0.2, 0.25) is 0 Å². The highest BCUT2D eigenvalue weighted by atomic mass is 79.9. The average Bonchev–Trinajstić information content (AvgIpc) is 2.39. The van der Waals surface area contributed by atoms with Crippen molar-refractivity contribution in [3.05, 3.63) is 54.4 Å². The van der Waals surface area contributed by atoms with Gasteiger partial charge >= 0.3 is 0 Å². The van der Waals surface area contributed by atoms with E-state index in [1.807, 2.05) is 12.1 Å². The van der Waals surface area contributed by atoms with Crippen molar-refractivity contribution in [2.45, 2.75) is 5.08 Å². The number of halogens is 2. The van der Waals surface area contributed by atoms with Gasteiger partial charge in [-0.25, -0.2) is 4.39 Å². The Labute approximate surface area is 107 Å². The molecule has 1 aromatic carbocycles. The summed E-state index contributed by atoms with van der Waals surface area (Å²) in [5.41, 5.74) is 2.33. The van der Waals surface area contributed by atoms with E-state index in [9.17, 15) is 9.18 Å². The van der Waals surface area contributed by atoms with E-state index in [0.29, 0.717) is 5.56 Å². The molecule has 0 aliphatic carbocycles. The van der Waals surface area contributed by atoms with Gasteiger partial charge in [0.25, 0.3) is 0 Å². The Balaban J connectivity index is 2.28. The van der Waals surface area contributed by atoms with Crippen LogP contribution in [0.5, 0.6) is 0 Å². The van der Waals surface area contributed by atoms with Crippen molar-refractivity contribution < 1.29 is 9.18 Å². The van der Waals surface area contributed by atoms with Gasteiger partial charge in [0.1, 0.15) is 0 Å². The fraction of sp³-hybridized carbons (Fsp3) is 0.0769. The summed E-state index contributed by atoms with van der Waals surface area (Å²) in [7, 11) is 0. The molecule has 2 aromatic rings. The Morgan fingerprint density at radius 2 is 1.59 bits per heavy atom. The molecule has 1 aromatic heterocycles. The van der Waals surface area contributed by atoms with Crippen LogP contribution in [0, 0.1) is 0 Å². The topological polar surface area (TPSA) is 30.0 Å². The normalized spacial score (nSPS) is 12.1. The molecule has 0 amide bonds. The zero-order chi connectivity index (χ0) is 12.3. The Kier molecular flexibility index (Phi) is 3.64. The molecule has 0 fully saturated rings. The van der Waals surface area contributed by atoms with Crippen LogP contribution in [0.15, 0.2) is 48.8 Å². The third-order valence-electron chi connectivity index (χ3n) is 2.38. The predicted octanol–water partition coefficient (Wildman–Crippen LogP) is 3.62. The third-order valence-corrected chi connectivity index (χ3v) is 2.80. The van der Waals surface area contributed by atoms with E-state index in [4.69, 9.17) is 0 Å². The molecule has 2 nitrogen and oxygen atoms in total. The number of carbonyl (C=O) groups excluding carboxylic acids is 1. The highest BCUT2D eigenvalue weighted by molar-refractivity contribution is 9.09. The van der Waals surface area contributed by atoms with Crippen molar-refractivity contribution >= 4 is 21.7 Å². The summed E-state index contributed by atoms with van der Waals surface area (Å²) in [6.45, 7) is 0. The molecule has 0 radical (unpaired) electrons. The highest BCUT2D eigenvalue weighted by Crippen LogP contribution is 2.20. The fourth-order valence-corrected chi connectivity index (χ4v) is 1.76. The molecule has 86 valence electrons. The minimum Gasteiger partial charge on any atom is -0.290 e. The molecule has 0 bridgehead atoms. The maximum atomic E-state index is 12.8. The Hall–Kier alpha value is -1.55. The Morgan fingerprint density at radius 1 is 1.06 bits per heavy atom. The van der Waals surface area contributed by atoms with Crippen LogP contribution < -0.4 is 0 Å². The summed E-state index contributed by atoms with van der Waals surface area (Å²) < 4.78 is 12.8. The summed E-state index contributed by atoms with van der Waals surface area (Å²) in [6, 6.07) is 10.6. The van der Waals surface area contributed by atoms with Crippen molar-refractivity contribution in [2.75, 3.05) is 0 Å². The monoisotopic (exact) mass is 293 g/mol. The molecule has 4 heteroatoms. The van der Waals surface area contributed by atoms with Gasteiger partial charge in [-0.2, -0.15) is 0 Å². The van der Waals surface area contributed by atoms with Crippen molar-refractivity contribution in [3.8, 4) is 11.1 Å². The van der Waals surface area contributed by atoms with E-state index in [2.05, 4.69) is 20.9 Å². The van der Waals surface area contributed by atoms with Crippen LogP contribution in [-0.4, -0.2) is 15.8 Å². The molecule has 17 heavy (non-hydrogen) atoms. The van der Waals surface area contributed by atoms with Gasteiger partial charge in [0, 0.05) is 18.0 Å². The molecule has 0 saturated carbocycles. The first kappa shape index (κ1) is 11.9. The fourth-order valence-electron chi connectivity index (χ4n) is 1.50. The van der Waals surface area contributed by atoms with Crippen LogP contribution >= 0.6 is 15.9 Å². The predicted molar refractivity (Wildman–Crippen MR) is 67.8 cm³/mol. The number of aromatic nitrogens is 1. The number of benzene rings is 1. The van der Waals surface area contributed by atoms with E-state index >= 15 is 0 Å². The molecular weight excluding hydrogens is 285 g/mol. The van der Waals surface area contributed by atoms with E-state index in [1.165, 1.54) is 0 Å². The minimum atomic E-state index is -1.64. The summed E-state index contributed by atoms with van der Waals surface area (Å²) in [4.78, 5) is 15.3. The summed E-state index contributed by atoms with van der Waals surface area (Å²) >= 11 is 2.62. The number of Topliss-reactive ketones (excluding diaryl/α,β-unsaturated/α-hetero) is 1. The quantitative estimate of drug-likeness (QED) is 0.639. The number of hydrogen-bond acceptors (Lipinski definition) is 2. The first-order chi connectivity index (χ1) is 8.18. The van der Waals surface area contributed by atoms with E-state index in [0.717, 1.165) is 11.1 Å². The largest absolute Gasteiger partial charge is 0.290 e. The molecule has 0 aliphatic rings. The molecule has 2 rings (SSSR count). The second-order valence-corrected chi connectivity index (χ2v) is 4.28. The molecular formula is C13H9BrFNO. The molecule has 0 aliphatic heterocycles. The lowest BCUT2D eigenvalue weighted by atomic mass is 10.0. The van der Waals surface area contributed by atoms with Crippen LogP contribution in [0.25, 0.3) is 11.1 Å². The first-order valence-electron chi connectivity index (χ1n) is 5.01. The van der Waals surface area contributed by atoms with Crippen LogP contribution in [0.3, 0.4) is 0 Å². The van der Waals surface area contributed by atoms with Crippen molar-refractivity contribution in [3.63, 3.8) is 0 Å². The van der Waals surface area contributed by atoms with Crippen LogP contribution in [0.1, 0.15) is 10.4 Å². The lowest BCUT2D eigenvalue weighted by Gasteiger charge is -2.03. The zero-order valence-corrected chi connectivity index (χ0v) is 10.4. The van der Waals surface area contributed by atoms with Gasteiger partial charge in [0.05, 0.1) is 0 Å². The number of hydrogen-bond donors (Lipinski definition) is 0. The van der Waals surface area contributed by atoms with Gasteiger partial charge in [0.15, 0.2) is 0 Å². The SMILES string of the molecule is O=C(c1ccc(-c2ccncc2)cc1)C(F)Br. The van der Waals surface area contributed by atoms with Gasteiger partial charge in [0.2, 0.25) is 10.9 Å². The lowest BCUT2D eigenvalue weighted by Crippen LogP contribution is -2.08. The number of rotatable bonds is 3. The second kappa shape index (κ2) is 5.19. The summed E-state index contributed by atoms with van der Waals surface area (Å²) in [5.74, 6) is -0.564. The van der Waals surface area contributed by atoms with Crippen molar-refractivity contribution in [1.82, 2.24) is 4.98 Å². The molecule has 0 saturated heterocycles. The number of alkyl halides is 2. The smallest absolute Gasteiger partial charge is 0.217 e. The van der Waals surface area contributed by atoms with Crippen LogP contribution in [-0.2, 0) is 0 Å². The number of carbonyl (C=O) groups is 1. The second-order valence-electron chi connectivity index (χ2n) is 3.48. The van der Waals surface area contributed by atoms with Crippen LogP contribution in [0.4, 0.5) is 4.39 Å². The van der Waals surface area contributed by atoms with E-state index in [-0.39, 0.29) is 0 Å². The minimum absolute atomic E-state index is 0.354.